The molecular formula is C13H21NOS. The number of hydrogen-bond donors (Lipinski definition) is 1. The zero-order chi connectivity index (χ0) is 11.8. The van der Waals surface area contributed by atoms with Gasteiger partial charge in [-0.1, -0.05) is 0 Å². The lowest BCUT2D eigenvalue weighted by Crippen LogP contribution is -2.38. The van der Waals surface area contributed by atoms with Crippen molar-refractivity contribution in [2.24, 2.45) is 0 Å². The molecule has 0 saturated carbocycles. The zero-order valence-electron chi connectivity index (χ0n) is 10.4. The van der Waals surface area contributed by atoms with E-state index in [0.717, 1.165) is 13.1 Å². The van der Waals surface area contributed by atoms with E-state index in [4.69, 9.17) is 0 Å². The molecule has 2 nitrogen and oxygen atoms in total. The smallest absolute Gasteiger partial charge is 0.0718 e. The van der Waals surface area contributed by atoms with Crippen LogP contribution in [-0.4, -0.2) is 28.7 Å². The van der Waals surface area contributed by atoms with Crippen molar-refractivity contribution >= 4 is 11.3 Å². The van der Waals surface area contributed by atoms with Crippen LogP contribution in [-0.2, 0) is 0 Å². The molecular weight excluding hydrogens is 218 g/mol. The first-order chi connectivity index (χ1) is 7.46. The zero-order valence-corrected chi connectivity index (χ0v) is 11.2. The molecule has 1 aromatic heterocycles. The van der Waals surface area contributed by atoms with Gasteiger partial charge in [-0.15, -0.1) is 11.3 Å². The van der Waals surface area contributed by atoms with Crippen LogP contribution < -0.4 is 0 Å². The van der Waals surface area contributed by atoms with Crippen LogP contribution in [0.15, 0.2) is 12.1 Å². The van der Waals surface area contributed by atoms with E-state index >= 15 is 0 Å². The number of likely N-dealkylation sites (tertiary alicyclic amines) is 1. The topological polar surface area (TPSA) is 23.5 Å². The van der Waals surface area contributed by atoms with E-state index in [1.165, 1.54) is 22.6 Å². The Labute approximate surface area is 102 Å². The van der Waals surface area contributed by atoms with Crippen molar-refractivity contribution in [2.45, 2.75) is 45.3 Å². The second kappa shape index (κ2) is 4.47. The molecule has 0 spiro atoms. The fourth-order valence-electron chi connectivity index (χ4n) is 2.47. The van der Waals surface area contributed by atoms with E-state index in [2.05, 4.69) is 24.0 Å². The molecule has 1 unspecified atom stereocenters. The first-order valence-corrected chi connectivity index (χ1v) is 6.80. The van der Waals surface area contributed by atoms with Crippen molar-refractivity contribution in [3.63, 3.8) is 0 Å². The Morgan fingerprint density at radius 2 is 2.25 bits per heavy atom. The van der Waals surface area contributed by atoms with Gasteiger partial charge in [-0.25, -0.2) is 0 Å². The second-order valence-electron chi connectivity index (χ2n) is 5.39. The molecule has 0 radical (unpaired) electrons. The van der Waals surface area contributed by atoms with Gasteiger partial charge in [0.25, 0.3) is 0 Å². The Balaban J connectivity index is 2.09. The van der Waals surface area contributed by atoms with Gasteiger partial charge >= 0.3 is 0 Å². The average molecular weight is 239 g/mol. The van der Waals surface area contributed by atoms with E-state index in [0.29, 0.717) is 6.04 Å². The third-order valence-corrected chi connectivity index (χ3v) is 4.15. The minimum Gasteiger partial charge on any atom is -0.389 e. The molecule has 1 aromatic rings. The summed E-state index contributed by atoms with van der Waals surface area (Å²) in [5, 5.41) is 9.91. The number of β-amino-alcohol motifs (C(OH)–C–C–N with tert-alkyl or cyclic N) is 1. The largest absolute Gasteiger partial charge is 0.389 e. The van der Waals surface area contributed by atoms with Crippen molar-refractivity contribution in [1.82, 2.24) is 4.90 Å². The Morgan fingerprint density at radius 3 is 2.81 bits per heavy atom. The van der Waals surface area contributed by atoms with E-state index in [-0.39, 0.29) is 0 Å². The van der Waals surface area contributed by atoms with Gasteiger partial charge in [-0.2, -0.15) is 0 Å². The Kier molecular flexibility index (Phi) is 3.38. The number of nitrogens with zero attached hydrogens (tertiary/aromatic N) is 1. The number of thiophene rings is 1. The minimum atomic E-state index is -0.588. The summed E-state index contributed by atoms with van der Waals surface area (Å²) in [4.78, 5) is 5.26. The van der Waals surface area contributed by atoms with Crippen LogP contribution >= 0.6 is 11.3 Å². The van der Waals surface area contributed by atoms with Gasteiger partial charge in [0, 0.05) is 22.3 Å². The molecule has 1 aliphatic heterocycles. The molecule has 16 heavy (non-hydrogen) atoms. The molecule has 1 fully saturated rings. The van der Waals surface area contributed by atoms with E-state index in [9.17, 15) is 5.11 Å². The number of rotatable bonds is 3. The first kappa shape index (κ1) is 12.1. The fourth-order valence-corrected chi connectivity index (χ4v) is 3.51. The molecule has 0 aliphatic carbocycles. The van der Waals surface area contributed by atoms with Crippen LogP contribution in [0.2, 0.25) is 0 Å². The van der Waals surface area contributed by atoms with Crippen LogP contribution in [0.3, 0.4) is 0 Å². The first-order valence-electron chi connectivity index (χ1n) is 5.98. The third kappa shape index (κ3) is 2.84. The molecule has 1 atom stereocenters. The molecule has 90 valence electrons. The quantitative estimate of drug-likeness (QED) is 0.876. The molecule has 0 aromatic carbocycles. The highest BCUT2D eigenvalue weighted by Gasteiger charge is 2.30. The van der Waals surface area contributed by atoms with E-state index in [1.807, 2.05) is 25.2 Å². The van der Waals surface area contributed by atoms with Gasteiger partial charge in [-0.05, 0) is 52.3 Å². The Hall–Kier alpha value is -0.380. The Bertz CT molecular complexity index is 353. The summed E-state index contributed by atoms with van der Waals surface area (Å²) in [7, 11) is 0. The summed E-state index contributed by atoms with van der Waals surface area (Å²) >= 11 is 1.89. The maximum atomic E-state index is 9.91. The second-order valence-corrected chi connectivity index (χ2v) is 6.71. The summed E-state index contributed by atoms with van der Waals surface area (Å²) in [5.41, 5.74) is -0.588. The molecule has 1 aliphatic rings. The SMILES string of the molecule is Cc1ccc(C2CCCN2CC(C)(C)O)s1. The van der Waals surface area contributed by atoms with Gasteiger partial charge in [0.15, 0.2) is 0 Å². The third-order valence-electron chi connectivity index (χ3n) is 3.04. The molecule has 2 rings (SSSR count). The predicted molar refractivity (Wildman–Crippen MR) is 68.9 cm³/mol. The number of aryl methyl sites for hydroxylation is 1. The van der Waals surface area contributed by atoms with E-state index in [1.54, 1.807) is 0 Å². The van der Waals surface area contributed by atoms with Crippen LogP contribution in [0.25, 0.3) is 0 Å². The van der Waals surface area contributed by atoms with Crippen molar-refractivity contribution in [2.75, 3.05) is 13.1 Å². The monoisotopic (exact) mass is 239 g/mol. The lowest BCUT2D eigenvalue weighted by atomic mass is 10.1. The van der Waals surface area contributed by atoms with Crippen molar-refractivity contribution in [3.8, 4) is 0 Å². The molecule has 0 amide bonds. The molecule has 1 N–H and O–H groups in total. The van der Waals surface area contributed by atoms with Crippen molar-refractivity contribution in [1.29, 1.82) is 0 Å². The minimum absolute atomic E-state index is 0.533. The Morgan fingerprint density at radius 1 is 1.50 bits per heavy atom. The van der Waals surface area contributed by atoms with Gasteiger partial charge in [0.2, 0.25) is 0 Å². The predicted octanol–water partition coefficient (Wildman–Crippen LogP) is 2.96. The fraction of sp³-hybridized carbons (Fsp3) is 0.692. The maximum Gasteiger partial charge on any atom is 0.0718 e. The average Bonchev–Trinajstić information content (AvgIpc) is 2.71. The summed E-state index contributed by atoms with van der Waals surface area (Å²) in [6, 6.07) is 4.97. The lowest BCUT2D eigenvalue weighted by molar-refractivity contribution is 0.0321. The van der Waals surface area contributed by atoms with Crippen LogP contribution in [0.1, 0.15) is 42.5 Å². The van der Waals surface area contributed by atoms with Crippen molar-refractivity contribution in [3.05, 3.63) is 21.9 Å². The van der Waals surface area contributed by atoms with E-state index < -0.39 is 5.60 Å². The van der Waals surface area contributed by atoms with Gasteiger partial charge in [0.1, 0.15) is 0 Å². The van der Waals surface area contributed by atoms with Crippen LogP contribution in [0, 0.1) is 6.92 Å². The van der Waals surface area contributed by atoms with Crippen LogP contribution in [0.4, 0.5) is 0 Å². The molecule has 2 heterocycles. The molecule has 1 saturated heterocycles. The van der Waals surface area contributed by atoms with Gasteiger partial charge in [-0.3, -0.25) is 4.90 Å². The molecule has 3 heteroatoms. The summed E-state index contributed by atoms with van der Waals surface area (Å²) < 4.78 is 0. The summed E-state index contributed by atoms with van der Waals surface area (Å²) in [6.07, 6.45) is 2.48. The summed E-state index contributed by atoms with van der Waals surface area (Å²) in [6.45, 7) is 7.83. The normalized spacial score (nSPS) is 22.9. The maximum absolute atomic E-state index is 9.91. The molecule has 0 bridgehead atoms. The van der Waals surface area contributed by atoms with Crippen molar-refractivity contribution < 1.29 is 5.11 Å². The highest BCUT2D eigenvalue weighted by Crippen LogP contribution is 2.36. The van der Waals surface area contributed by atoms with Gasteiger partial charge in [0.05, 0.1) is 5.60 Å². The standard InChI is InChI=1S/C13H21NOS/c1-10-6-7-12(16-10)11-5-4-8-14(11)9-13(2,3)15/h6-7,11,15H,4-5,8-9H2,1-3H3. The number of aliphatic hydroxyl groups is 1. The highest BCUT2D eigenvalue weighted by atomic mass is 32.1. The van der Waals surface area contributed by atoms with Crippen LogP contribution in [0.5, 0.6) is 0 Å². The number of hydrogen-bond acceptors (Lipinski definition) is 3. The highest BCUT2D eigenvalue weighted by molar-refractivity contribution is 7.12. The lowest BCUT2D eigenvalue weighted by Gasteiger charge is -2.29. The summed E-state index contributed by atoms with van der Waals surface area (Å²) in [5.74, 6) is 0. The van der Waals surface area contributed by atoms with Gasteiger partial charge < -0.3 is 5.11 Å².